The average molecular weight is 278 g/mol. The van der Waals surface area contributed by atoms with Gasteiger partial charge in [-0.2, -0.15) is 5.10 Å². The molecular weight excluding hydrogens is 252 g/mol. The van der Waals surface area contributed by atoms with Gasteiger partial charge in [0.1, 0.15) is 0 Å². The van der Waals surface area contributed by atoms with E-state index >= 15 is 0 Å². The molecule has 2 amide bonds. The second kappa shape index (κ2) is 6.29. The zero-order valence-electron chi connectivity index (χ0n) is 13.0. The summed E-state index contributed by atoms with van der Waals surface area (Å²) in [7, 11) is 0. The normalized spacial score (nSPS) is 23.5. The molecule has 20 heavy (non-hydrogen) atoms. The summed E-state index contributed by atoms with van der Waals surface area (Å²) in [5.41, 5.74) is 3.08. The average Bonchev–Trinajstić information content (AvgIpc) is 2.59. The smallest absolute Gasteiger partial charge is 0.317 e. The van der Waals surface area contributed by atoms with Crippen molar-refractivity contribution in [1.29, 1.82) is 0 Å². The van der Waals surface area contributed by atoms with Crippen LogP contribution in [0.5, 0.6) is 0 Å². The molecule has 0 bridgehead atoms. The van der Waals surface area contributed by atoms with Crippen LogP contribution < -0.4 is 5.32 Å². The van der Waals surface area contributed by atoms with Crippen LogP contribution in [0, 0.1) is 25.7 Å². The Morgan fingerprint density at radius 3 is 2.80 bits per heavy atom. The van der Waals surface area contributed by atoms with Crippen LogP contribution in [-0.2, 0) is 6.54 Å². The van der Waals surface area contributed by atoms with Gasteiger partial charge in [-0.25, -0.2) is 4.79 Å². The maximum atomic E-state index is 12.3. The number of H-pyrrole nitrogens is 1. The maximum Gasteiger partial charge on any atom is 0.317 e. The number of nitrogens with zero attached hydrogens (tertiary/aromatic N) is 2. The van der Waals surface area contributed by atoms with E-state index < -0.39 is 0 Å². The fourth-order valence-corrected chi connectivity index (χ4v) is 3.02. The fourth-order valence-electron chi connectivity index (χ4n) is 3.02. The number of likely N-dealkylation sites (tertiary alicyclic amines) is 1. The van der Waals surface area contributed by atoms with E-state index in [4.69, 9.17) is 0 Å². The Morgan fingerprint density at radius 2 is 2.15 bits per heavy atom. The van der Waals surface area contributed by atoms with Gasteiger partial charge in [0, 0.05) is 30.9 Å². The quantitative estimate of drug-likeness (QED) is 0.873. The third-order valence-corrected chi connectivity index (χ3v) is 4.21. The third kappa shape index (κ3) is 3.52. The van der Waals surface area contributed by atoms with Crippen molar-refractivity contribution in [2.24, 2.45) is 11.8 Å². The lowest BCUT2D eigenvalue weighted by molar-refractivity contribution is 0.193. The number of urea groups is 1. The Morgan fingerprint density at radius 1 is 1.40 bits per heavy atom. The number of hydrogen-bond donors (Lipinski definition) is 2. The number of carbonyl (C=O) groups excluding carboxylic acids is 1. The Kier molecular flexibility index (Phi) is 4.68. The zero-order chi connectivity index (χ0) is 14.7. The fraction of sp³-hybridized carbons (Fsp3) is 0.733. The molecule has 1 fully saturated rings. The van der Waals surface area contributed by atoms with Crippen molar-refractivity contribution in [3.8, 4) is 0 Å². The van der Waals surface area contributed by atoms with Crippen LogP contribution in [0.15, 0.2) is 0 Å². The number of carbonyl (C=O) groups is 1. The zero-order valence-corrected chi connectivity index (χ0v) is 13.0. The van der Waals surface area contributed by atoms with Gasteiger partial charge < -0.3 is 10.2 Å². The minimum Gasteiger partial charge on any atom is -0.334 e. The van der Waals surface area contributed by atoms with Crippen molar-refractivity contribution in [2.75, 3.05) is 13.1 Å². The lowest BCUT2D eigenvalue weighted by Crippen LogP contribution is -2.41. The summed E-state index contributed by atoms with van der Waals surface area (Å²) in [6.07, 6.45) is 2.31. The van der Waals surface area contributed by atoms with Gasteiger partial charge in [-0.3, -0.25) is 5.10 Å². The molecule has 0 saturated carbocycles. The van der Waals surface area contributed by atoms with Crippen molar-refractivity contribution in [3.05, 3.63) is 17.0 Å². The summed E-state index contributed by atoms with van der Waals surface area (Å²) in [5.74, 6) is 1.29. The highest BCUT2D eigenvalue weighted by Crippen LogP contribution is 2.21. The number of hydrogen-bond acceptors (Lipinski definition) is 2. The van der Waals surface area contributed by atoms with Crippen LogP contribution >= 0.6 is 0 Å². The van der Waals surface area contributed by atoms with Gasteiger partial charge in [0.15, 0.2) is 0 Å². The molecule has 2 heterocycles. The molecule has 0 aromatic carbocycles. The monoisotopic (exact) mass is 278 g/mol. The van der Waals surface area contributed by atoms with Gasteiger partial charge in [0.05, 0.1) is 5.69 Å². The summed E-state index contributed by atoms with van der Waals surface area (Å²) in [5, 5.41) is 10.1. The molecule has 1 aromatic rings. The molecule has 0 radical (unpaired) electrons. The Hall–Kier alpha value is -1.52. The first-order valence-corrected chi connectivity index (χ1v) is 7.50. The molecule has 1 saturated heterocycles. The lowest BCUT2D eigenvalue weighted by Gasteiger charge is -2.23. The molecule has 112 valence electrons. The summed E-state index contributed by atoms with van der Waals surface area (Å²) in [6.45, 7) is 10.7. The number of rotatable bonds is 2. The molecule has 2 atom stereocenters. The highest BCUT2D eigenvalue weighted by Gasteiger charge is 2.22. The van der Waals surface area contributed by atoms with E-state index in [1.807, 2.05) is 18.7 Å². The first-order valence-electron chi connectivity index (χ1n) is 7.50. The van der Waals surface area contributed by atoms with Crippen LogP contribution in [0.25, 0.3) is 0 Å². The van der Waals surface area contributed by atoms with E-state index in [0.717, 1.165) is 36.5 Å². The summed E-state index contributed by atoms with van der Waals surface area (Å²) < 4.78 is 0. The van der Waals surface area contributed by atoms with E-state index in [9.17, 15) is 4.79 Å². The minimum atomic E-state index is 0.0472. The minimum absolute atomic E-state index is 0.0472. The van der Waals surface area contributed by atoms with Crippen molar-refractivity contribution in [3.63, 3.8) is 0 Å². The second-order valence-electron chi connectivity index (χ2n) is 6.25. The van der Waals surface area contributed by atoms with Gasteiger partial charge in [-0.15, -0.1) is 0 Å². The van der Waals surface area contributed by atoms with Crippen LogP contribution in [0.1, 0.15) is 43.6 Å². The van der Waals surface area contributed by atoms with Gasteiger partial charge in [0.25, 0.3) is 0 Å². The van der Waals surface area contributed by atoms with Crippen molar-refractivity contribution in [2.45, 2.75) is 47.1 Å². The predicted octanol–water partition coefficient (Wildman–Crippen LogP) is 2.60. The Balaban J connectivity index is 1.91. The maximum absolute atomic E-state index is 12.3. The van der Waals surface area contributed by atoms with Crippen molar-refractivity contribution >= 4 is 6.03 Å². The molecule has 1 aliphatic rings. The van der Waals surface area contributed by atoms with E-state index in [1.165, 1.54) is 6.42 Å². The molecule has 0 unspecified atom stereocenters. The number of aromatic amines is 1. The largest absolute Gasteiger partial charge is 0.334 e. The molecule has 1 aromatic heterocycles. The number of aryl methyl sites for hydroxylation is 2. The number of amides is 2. The molecule has 0 spiro atoms. The second-order valence-corrected chi connectivity index (χ2v) is 6.25. The Bertz CT molecular complexity index is 449. The SMILES string of the molecule is Cc1n[nH]c(C)c1CNC(=O)N1CC[C@@H](C)C[C@@H](C)C1. The van der Waals surface area contributed by atoms with Gasteiger partial charge in [-0.1, -0.05) is 13.8 Å². The first-order chi connectivity index (χ1) is 9.47. The number of nitrogens with one attached hydrogen (secondary N) is 2. The van der Waals surface area contributed by atoms with E-state index in [2.05, 4.69) is 29.4 Å². The Labute approximate surface area is 121 Å². The van der Waals surface area contributed by atoms with Crippen LogP contribution in [0.2, 0.25) is 0 Å². The van der Waals surface area contributed by atoms with Gasteiger partial charge >= 0.3 is 6.03 Å². The first kappa shape index (κ1) is 14.9. The van der Waals surface area contributed by atoms with E-state index in [-0.39, 0.29) is 6.03 Å². The van der Waals surface area contributed by atoms with E-state index in [1.54, 1.807) is 0 Å². The van der Waals surface area contributed by atoms with Gasteiger partial charge in [0.2, 0.25) is 0 Å². The van der Waals surface area contributed by atoms with Crippen LogP contribution in [-0.4, -0.2) is 34.2 Å². The molecule has 0 aliphatic carbocycles. The molecule has 5 nitrogen and oxygen atoms in total. The van der Waals surface area contributed by atoms with Gasteiger partial charge in [-0.05, 0) is 38.5 Å². The summed E-state index contributed by atoms with van der Waals surface area (Å²) in [4.78, 5) is 14.3. The summed E-state index contributed by atoms with van der Waals surface area (Å²) in [6, 6.07) is 0.0472. The molecular formula is C15H26N4O. The van der Waals surface area contributed by atoms with E-state index in [0.29, 0.717) is 18.4 Å². The standard InChI is InChI=1S/C15H26N4O/c1-10-5-6-19(9-11(2)7-10)15(20)16-8-14-12(3)17-18-13(14)4/h10-11H,5-9H2,1-4H3,(H,16,20)(H,17,18)/t10-,11-/m1/s1. The lowest BCUT2D eigenvalue weighted by atomic mass is 9.97. The van der Waals surface area contributed by atoms with Crippen LogP contribution in [0.4, 0.5) is 4.79 Å². The molecule has 1 aliphatic heterocycles. The highest BCUT2D eigenvalue weighted by molar-refractivity contribution is 5.74. The molecule has 5 heteroatoms. The molecule has 2 rings (SSSR count). The van der Waals surface area contributed by atoms with Crippen LogP contribution in [0.3, 0.4) is 0 Å². The molecule has 2 N–H and O–H groups in total. The number of aromatic nitrogens is 2. The topological polar surface area (TPSA) is 61.0 Å². The third-order valence-electron chi connectivity index (χ3n) is 4.21. The predicted molar refractivity (Wildman–Crippen MR) is 79.4 cm³/mol. The highest BCUT2D eigenvalue weighted by atomic mass is 16.2. The van der Waals surface area contributed by atoms with Crippen molar-refractivity contribution < 1.29 is 4.79 Å². The van der Waals surface area contributed by atoms with Crippen molar-refractivity contribution in [1.82, 2.24) is 20.4 Å². The summed E-state index contributed by atoms with van der Waals surface area (Å²) >= 11 is 0.